The quantitative estimate of drug-likeness (QED) is 0.742. The molecule has 16 heavy (non-hydrogen) atoms. The lowest BCUT2D eigenvalue weighted by atomic mass is 10.1. The highest BCUT2D eigenvalue weighted by Crippen LogP contribution is 2.33. The number of hydrogen-bond acceptors (Lipinski definition) is 3. The number of nitrogens with one attached hydrogen (secondary N) is 1. The van der Waals surface area contributed by atoms with Crippen LogP contribution in [0, 0.1) is 0 Å². The van der Waals surface area contributed by atoms with Crippen LogP contribution in [0.4, 0.5) is 0 Å². The highest BCUT2D eigenvalue weighted by Gasteiger charge is 2.24. The minimum absolute atomic E-state index is 0.278. The van der Waals surface area contributed by atoms with Crippen LogP contribution in [0.5, 0.6) is 5.75 Å². The predicted octanol–water partition coefficient (Wildman–Crippen LogP) is 1.89. The zero-order valence-electron chi connectivity index (χ0n) is 8.87. The third kappa shape index (κ3) is 1.13. The minimum atomic E-state index is -0.278. The standard InChI is InChI=1S/C12H11NO3/c1-15-9-4-2-3-8-10(9)7-5-6-16-12(14)11(7)13-8/h2-4,13H,5-6H2,1H3. The molecule has 0 aliphatic carbocycles. The monoisotopic (exact) mass is 217 g/mol. The predicted molar refractivity (Wildman–Crippen MR) is 58.8 cm³/mol. The summed E-state index contributed by atoms with van der Waals surface area (Å²) in [5.41, 5.74) is 2.48. The van der Waals surface area contributed by atoms with E-state index < -0.39 is 0 Å². The molecule has 82 valence electrons. The van der Waals surface area contributed by atoms with Crippen LogP contribution >= 0.6 is 0 Å². The summed E-state index contributed by atoms with van der Waals surface area (Å²) in [5.74, 6) is 0.518. The van der Waals surface area contributed by atoms with Crippen molar-refractivity contribution in [2.24, 2.45) is 0 Å². The van der Waals surface area contributed by atoms with Gasteiger partial charge in [-0.2, -0.15) is 0 Å². The fourth-order valence-electron chi connectivity index (χ4n) is 2.19. The van der Waals surface area contributed by atoms with Crippen molar-refractivity contribution in [2.75, 3.05) is 13.7 Å². The lowest BCUT2D eigenvalue weighted by Gasteiger charge is -2.12. The molecular formula is C12H11NO3. The van der Waals surface area contributed by atoms with Crippen molar-refractivity contribution < 1.29 is 14.3 Å². The number of fused-ring (bicyclic) bond motifs is 3. The number of H-pyrrole nitrogens is 1. The Balaban J connectivity index is 2.37. The molecule has 0 bridgehead atoms. The molecule has 0 saturated heterocycles. The summed E-state index contributed by atoms with van der Waals surface area (Å²) < 4.78 is 10.3. The summed E-state index contributed by atoms with van der Waals surface area (Å²) in [6.07, 6.45) is 0.738. The van der Waals surface area contributed by atoms with E-state index in [1.807, 2.05) is 18.2 Å². The second-order valence-electron chi connectivity index (χ2n) is 3.75. The van der Waals surface area contributed by atoms with Crippen molar-refractivity contribution in [3.63, 3.8) is 0 Å². The maximum atomic E-state index is 11.6. The van der Waals surface area contributed by atoms with E-state index in [0.29, 0.717) is 12.3 Å². The SMILES string of the molecule is COc1cccc2[nH]c3c(c12)CCOC3=O. The summed E-state index contributed by atoms with van der Waals surface area (Å²) >= 11 is 0. The van der Waals surface area contributed by atoms with Gasteiger partial charge in [0.05, 0.1) is 19.2 Å². The van der Waals surface area contributed by atoms with Gasteiger partial charge in [-0.1, -0.05) is 6.07 Å². The molecule has 2 aromatic rings. The molecule has 0 atom stereocenters. The van der Waals surface area contributed by atoms with Gasteiger partial charge in [-0.25, -0.2) is 4.79 Å². The number of ether oxygens (including phenoxy) is 2. The van der Waals surface area contributed by atoms with Gasteiger partial charge in [0.2, 0.25) is 0 Å². The molecule has 1 aliphatic heterocycles. The van der Waals surface area contributed by atoms with Gasteiger partial charge in [0, 0.05) is 11.8 Å². The van der Waals surface area contributed by atoms with E-state index in [0.717, 1.165) is 28.6 Å². The maximum Gasteiger partial charge on any atom is 0.355 e. The van der Waals surface area contributed by atoms with Crippen LogP contribution in [-0.2, 0) is 11.2 Å². The molecule has 0 spiro atoms. The Morgan fingerprint density at radius 1 is 1.44 bits per heavy atom. The Morgan fingerprint density at radius 3 is 3.12 bits per heavy atom. The van der Waals surface area contributed by atoms with E-state index in [-0.39, 0.29) is 5.97 Å². The number of carbonyl (C=O) groups is 1. The molecule has 1 aliphatic rings. The van der Waals surface area contributed by atoms with Crippen molar-refractivity contribution >= 4 is 16.9 Å². The fraction of sp³-hybridized carbons (Fsp3) is 0.250. The van der Waals surface area contributed by atoms with Gasteiger partial charge < -0.3 is 14.5 Å². The summed E-state index contributed by atoms with van der Waals surface area (Å²) in [4.78, 5) is 14.6. The lowest BCUT2D eigenvalue weighted by molar-refractivity contribution is 0.0475. The third-order valence-electron chi connectivity index (χ3n) is 2.90. The summed E-state index contributed by atoms with van der Waals surface area (Å²) in [6.45, 7) is 0.441. The van der Waals surface area contributed by atoms with E-state index in [2.05, 4.69) is 4.98 Å². The molecule has 1 aromatic carbocycles. The van der Waals surface area contributed by atoms with Gasteiger partial charge in [0.25, 0.3) is 0 Å². The van der Waals surface area contributed by atoms with Crippen LogP contribution in [0.25, 0.3) is 10.9 Å². The third-order valence-corrected chi connectivity index (χ3v) is 2.90. The molecule has 3 rings (SSSR count). The highest BCUT2D eigenvalue weighted by molar-refractivity contribution is 6.01. The second kappa shape index (κ2) is 3.27. The number of methoxy groups -OCH3 is 1. The molecule has 0 amide bonds. The Morgan fingerprint density at radius 2 is 2.31 bits per heavy atom. The first-order valence-electron chi connectivity index (χ1n) is 5.16. The summed E-state index contributed by atoms with van der Waals surface area (Å²) in [6, 6.07) is 5.73. The molecule has 0 unspecified atom stereocenters. The summed E-state index contributed by atoms with van der Waals surface area (Å²) in [7, 11) is 1.63. The van der Waals surface area contributed by atoms with Gasteiger partial charge in [-0.05, 0) is 17.7 Å². The first-order valence-corrected chi connectivity index (χ1v) is 5.16. The summed E-state index contributed by atoms with van der Waals surface area (Å²) in [5, 5.41) is 0.997. The Kier molecular flexibility index (Phi) is 1.89. The van der Waals surface area contributed by atoms with Crippen LogP contribution in [0.3, 0.4) is 0 Å². The van der Waals surface area contributed by atoms with Crippen LogP contribution in [0.2, 0.25) is 0 Å². The highest BCUT2D eigenvalue weighted by atomic mass is 16.5. The van der Waals surface area contributed by atoms with Crippen molar-refractivity contribution in [1.82, 2.24) is 4.98 Å². The van der Waals surface area contributed by atoms with E-state index >= 15 is 0 Å². The molecular weight excluding hydrogens is 206 g/mol. The van der Waals surface area contributed by atoms with Gasteiger partial charge in [0.15, 0.2) is 0 Å². The van der Waals surface area contributed by atoms with E-state index in [9.17, 15) is 4.79 Å². The Labute approximate surface area is 92.2 Å². The molecule has 4 nitrogen and oxygen atoms in total. The Hall–Kier alpha value is -1.97. The number of hydrogen-bond donors (Lipinski definition) is 1. The number of aromatic amines is 1. The minimum Gasteiger partial charge on any atom is -0.496 e. The molecule has 0 fully saturated rings. The molecule has 4 heteroatoms. The van der Waals surface area contributed by atoms with Crippen LogP contribution in [0.15, 0.2) is 18.2 Å². The molecule has 0 radical (unpaired) electrons. The largest absolute Gasteiger partial charge is 0.496 e. The smallest absolute Gasteiger partial charge is 0.355 e. The molecule has 1 N–H and O–H groups in total. The number of rotatable bonds is 1. The zero-order chi connectivity index (χ0) is 11.1. The number of aromatic nitrogens is 1. The molecule has 1 aromatic heterocycles. The average Bonchev–Trinajstić information content (AvgIpc) is 2.69. The zero-order valence-corrected chi connectivity index (χ0v) is 8.87. The number of carbonyl (C=O) groups excluding carboxylic acids is 1. The van der Waals surface area contributed by atoms with Gasteiger partial charge in [0.1, 0.15) is 11.4 Å². The van der Waals surface area contributed by atoms with Crippen molar-refractivity contribution in [2.45, 2.75) is 6.42 Å². The van der Waals surface area contributed by atoms with Gasteiger partial charge >= 0.3 is 5.97 Å². The number of esters is 1. The van der Waals surface area contributed by atoms with Crippen LogP contribution < -0.4 is 4.74 Å². The normalized spacial score (nSPS) is 14.7. The second-order valence-corrected chi connectivity index (χ2v) is 3.75. The number of cyclic esters (lactones) is 1. The first kappa shape index (κ1) is 9.27. The maximum absolute atomic E-state index is 11.6. The van der Waals surface area contributed by atoms with E-state index in [4.69, 9.17) is 9.47 Å². The van der Waals surface area contributed by atoms with Crippen molar-refractivity contribution in [3.05, 3.63) is 29.5 Å². The lowest BCUT2D eigenvalue weighted by Crippen LogP contribution is -2.16. The average molecular weight is 217 g/mol. The van der Waals surface area contributed by atoms with E-state index in [1.165, 1.54) is 0 Å². The fourth-order valence-corrected chi connectivity index (χ4v) is 2.19. The van der Waals surface area contributed by atoms with Crippen molar-refractivity contribution in [1.29, 1.82) is 0 Å². The first-order chi connectivity index (χ1) is 7.81. The molecule has 0 saturated carbocycles. The topological polar surface area (TPSA) is 51.3 Å². The van der Waals surface area contributed by atoms with Gasteiger partial charge in [-0.15, -0.1) is 0 Å². The van der Waals surface area contributed by atoms with Crippen LogP contribution in [0.1, 0.15) is 16.1 Å². The van der Waals surface area contributed by atoms with E-state index in [1.54, 1.807) is 7.11 Å². The Bertz CT molecular complexity index is 571. The molecule has 2 heterocycles. The van der Waals surface area contributed by atoms with Gasteiger partial charge in [-0.3, -0.25) is 0 Å². The van der Waals surface area contributed by atoms with Crippen LogP contribution in [-0.4, -0.2) is 24.7 Å². The number of benzene rings is 1. The van der Waals surface area contributed by atoms with Crippen molar-refractivity contribution in [3.8, 4) is 5.75 Å².